The Kier molecular flexibility index (Phi) is 5.57. The second-order valence-electron chi connectivity index (χ2n) is 7.36. The van der Waals surface area contributed by atoms with Gasteiger partial charge in [-0.25, -0.2) is 9.97 Å². The maximum Gasteiger partial charge on any atom is 0.161 e. The van der Waals surface area contributed by atoms with Crippen LogP contribution in [0, 0.1) is 0 Å². The van der Waals surface area contributed by atoms with Gasteiger partial charge in [0, 0.05) is 24.8 Å². The van der Waals surface area contributed by atoms with Crippen LogP contribution in [0.25, 0.3) is 11.4 Å². The van der Waals surface area contributed by atoms with E-state index in [0.29, 0.717) is 5.92 Å². The number of piperidine rings is 1. The number of hydrogen-bond acceptors (Lipinski definition) is 4. The lowest BCUT2D eigenvalue weighted by Crippen LogP contribution is -2.30. The Bertz CT molecular complexity index is 706. The summed E-state index contributed by atoms with van der Waals surface area (Å²) in [6.45, 7) is 10.7. The quantitative estimate of drug-likeness (QED) is 0.764. The third-order valence-corrected chi connectivity index (χ3v) is 4.58. The first-order valence-electron chi connectivity index (χ1n) is 9.43. The lowest BCUT2D eigenvalue weighted by molar-refractivity contribution is 0.239. The summed E-state index contributed by atoms with van der Waals surface area (Å²) in [4.78, 5) is 11.7. The highest BCUT2D eigenvalue weighted by atomic mass is 16.5. The number of aromatic nitrogens is 2. The topological polar surface area (TPSA) is 38.2 Å². The molecule has 0 N–H and O–H groups in total. The van der Waals surface area contributed by atoms with E-state index in [4.69, 9.17) is 9.72 Å². The summed E-state index contributed by atoms with van der Waals surface area (Å²) in [5.41, 5.74) is 2.24. The van der Waals surface area contributed by atoms with Crippen LogP contribution in [0.15, 0.2) is 30.5 Å². The fourth-order valence-corrected chi connectivity index (χ4v) is 3.29. The number of nitrogens with zero attached hydrogens (tertiary/aromatic N) is 3. The smallest absolute Gasteiger partial charge is 0.161 e. The van der Waals surface area contributed by atoms with Gasteiger partial charge in [-0.05, 0) is 56.7 Å². The number of anilines is 1. The summed E-state index contributed by atoms with van der Waals surface area (Å²) in [6, 6.07) is 8.36. The molecular formula is C21H29N3O. The van der Waals surface area contributed by atoms with Crippen molar-refractivity contribution in [3.05, 3.63) is 36.0 Å². The molecule has 4 heteroatoms. The van der Waals surface area contributed by atoms with Crippen molar-refractivity contribution < 1.29 is 4.74 Å². The van der Waals surface area contributed by atoms with Crippen LogP contribution < -0.4 is 9.64 Å². The van der Waals surface area contributed by atoms with E-state index < -0.39 is 0 Å². The van der Waals surface area contributed by atoms with E-state index in [1.54, 1.807) is 0 Å². The zero-order valence-corrected chi connectivity index (χ0v) is 15.8. The molecular weight excluding hydrogens is 310 g/mol. The third kappa shape index (κ3) is 4.30. The van der Waals surface area contributed by atoms with Crippen molar-refractivity contribution in [1.82, 2.24) is 9.97 Å². The Labute approximate surface area is 151 Å². The predicted molar refractivity (Wildman–Crippen MR) is 103 cm³/mol. The molecule has 2 aromatic rings. The summed E-state index contributed by atoms with van der Waals surface area (Å²) in [7, 11) is 0. The maximum absolute atomic E-state index is 6.05. The average Bonchev–Trinajstić information content (AvgIpc) is 2.62. The molecule has 1 fully saturated rings. The molecule has 1 aromatic carbocycles. The van der Waals surface area contributed by atoms with Crippen LogP contribution in [0.4, 0.5) is 5.82 Å². The maximum atomic E-state index is 6.05. The van der Waals surface area contributed by atoms with Gasteiger partial charge >= 0.3 is 0 Å². The number of rotatable bonds is 5. The van der Waals surface area contributed by atoms with Gasteiger partial charge in [-0.3, -0.25) is 0 Å². The molecule has 25 heavy (non-hydrogen) atoms. The molecule has 1 aromatic heterocycles. The van der Waals surface area contributed by atoms with Crippen molar-refractivity contribution >= 4 is 5.82 Å². The summed E-state index contributed by atoms with van der Waals surface area (Å²) in [5, 5.41) is 0. The molecule has 4 nitrogen and oxygen atoms in total. The summed E-state index contributed by atoms with van der Waals surface area (Å²) in [5.74, 6) is 3.16. The van der Waals surface area contributed by atoms with E-state index in [0.717, 1.165) is 36.0 Å². The minimum Gasteiger partial charge on any atom is -0.491 e. The minimum atomic E-state index is 0.147. The average molecular weight is 339 g/mol. The van der Waals surface area contributed by atoms with Gasteiger partial charge in [-0.2, -0.15) is 0 Å². The highest BCUT2D eigenvalue weighted by molar-refractivity contribution is 5.61. The van der Waals surface area contributed by atoms with Crippen molar-refractivity contribution in [2.24, 2.45) is 0 Å². The molecule has 0 bridgehead atoms. The van der Waals surface area contributed by atoms with E-state index in [9.17, 15) is 0 Å². The Balaban J connectivity index is 1.93. The largest absolute Gasteiger partial charge is 0.491 e. The van der Waals surface area contributed by atoms with E-state index in [2.05, 4.69) is 55.8 Å². The Hall–Kier alpha value is -2.10. The molecule has 0 atom stereocenters. The summed E-state index contributed by atoms with van der Waals surface area (Å²) < 4.78 is 6.05. The zero-order chi connectivity index (χ0) is 17.8. The standard InChI is InChI=1S/C21H29N3O/c1-15(2)18-9-8-17(14-19(18)25-16(3)4)21-22-11-10-20(23-21)24-12-6-5-7-13-24/h8-11,14-16H,5-7,12-13H2,1-4H3. The molecule has 1 saturated heterocycles. The molecule has 3 rings (SSSR count). The van der Waals surface area contributed by atoms with Gasteiger partial charge < -0.3 is 9.64 Å². The molecule has 0 saturated carbocycles. The van der Waals surface area contributed by atoms with Crippen LogP contribution in [0.5, 0.6) is 5.75 Å². The summed E-state index contributed by atoms with van der Waals surface area (Å²) >= 11 is 0. The Morgan fingerprint density at radius 3 is 2.44 bits per heavy atom. The monoisotopic (exact) mass is 339 g/mol. The van der Waals surface area contributed by atoms with E-state index >= 15 is 0 Å². The third-order valence-electron chi connectivity index (χ3n) is 4.58. The fourth-order valence-electron chi connectivity index (χ4n) is 3.29. The first-order chi connectivity index (χ1) is 12.0. The van der Waals surface area contributed by atoms with Crippen LogP contribution in [0.2, 0.25) is 0 Å². The van der Waals surface area contributed by atoms with E-state index in [1.807, 2.05) is 12.3 Å². The molecule has 134 valence electrons. The highest BCUT2D eigenvalue weighted by Gasteiger charge is 2.15. The molecule has 0 amide bonds. The van der Waals surface area contributed by atoms with Gasteiger partial charge in [-0.15, -0.1) is 0 Å². The van der Waals surface area contributed by atoms with Crippen molar-refractivity contribution in [3.63, 3.8) is 0 Å². The Morgan fingerprint density at radius 1 is 1.00 bits per heavy atom. The second-order valence-corrected chi connectivity index (χ2v) is 7.36. The van der Waals surface area contributed by atoms with E-state index in [-0.39, 0.29) is 6.10 Å². The van der Waals surface area contributed by atoms with Crippen molar-refractivity contribution in [2.75, 3.05) is 18.0 Å². The minimum absolute atomic E-state index is 0.147. The molecule has 2 heterocycles. The van der Waals surface area contributed by atoms with Gasteiger partial charge in [0.1, 0.15) is 11.6 Å². The lowest BCUT2D eigenvalue weighted by atomic mass is 10.00. The van der Waals surface area contributed by atoms with Gasteiger partial charge in [0.25, 0.3) is 0 Å². The van der Waals surface area contributed by atoms with Crippen LogP contribution >= 0.6 is 0 Å². The predicted octanol–water partition coefficient (Wildman–Crippen LogP) is 5.04. The van der Waals surface area contributed by atoms with Gasteiger partial charge in [0.2, 0.25) is 0 Å². The molecule has 0 unspecified atom stereocenters. The molecule has 0 aliphatic carbocycles. The summed E-state index contributed by atoms with van der Waals surface area (Å²) in [6.07, 6.45) is 5.82. The first kappa shape index (κ1) is 17.7. The molecule has 1 aliphatic rings. The van der Waals surface area contributed by atoms with Gasteiger partial charge in [0.15, 0.2) is 5.82 Å². The van der Waals surface area contributed by atoms with E-state index in [1.165, 1.54) is 24.8 Å². The zero-order valence-electron chi connectivity index (χ0n) is 15.8. The van der Waals surface area contributed by atoms with Crippen molar-refractivity contribution in [1.29, 1.82) is 0 Å². The van der Waals surface area contributed by atoms with Crippen molar-refractivity contribution in [2.45, 2.75) is 59.0 Å². The Morgan fingerprint density at radius 2 is 1.76 bits per heavy atom. The SMILES string of the molecule is CC(C)Oc1cc(-c2nccc(N3CCCCC3)n2)ccc1C(C)C. The lowest BCUT2D eigenvalue weighted by Gasteiger charge is -2.27. The number of ether oxygens (including phenoxy) is 1. The normalized spacial score (nSPS) is 15.0. The highest BCUT2D eigenvalue weighted by Crippen LogP contribution is 2.32. The van der Waals surface area contributed by atoms with Crippen LogP contribution in [-0.4, -0.2) is 29.2 Å². The number of hydrogen-bond donors (Lipinski definition) is 0. The molecule has 0 spiro atoms. The number of benzene rings is 1. The molecule has 1 aliphatic heterocycles. The van der Waals surface area contributed by atoms with Crippen molar-refractivity contribution in [3.8, 4) is 17.1 Å². The van der Waals surface area contributed by atoms with Crippen LogP contribution in [0.3, 0.4) is 0 Å². The molecule has 0 radical (unpaired) electrons. The van der Waals surface area contributed by atoms with Gasteiger partial charge in [-0.1, -0.05) is 26.0 Å². The van der Waals surface area contributed by atoms with Crippen LogP contribution in [-0.2, 0) is 0 Å². The second kappa shape index (κ2) is 7.85. The van der Waals surface area contributed by atoms with Crippen LogP contribution in [0.1, 0.15) is 58.4 Å². The fraction of sp³-hybridized carbons (Fsp3) is 0.524. The first-order valence-corrected chi connectivity index (χ1v) is 9.43. The van der Waals surface area contributed by atoms with Gasteiger partial charge in [0.05, 0.1) is 6.10 Å².